The van der Waals surface area contributed by atoms with Crippen molar-refractivity contribution in [3.8, 4) is 11.5 Å². The van der Waals surface area contributed by atoms with Crippen molar-refractivity contribution in [2.24, 2.45) is 17.3 Å². The Bertz CT molecular complexity index is 1010. The minimum absolute atomic E-state index is 0.0953. The van der Waals surface area contributed by atoms with E-state index in [1.807, 2.05) is 20.8 Å². The molecular formula is C25H34O8. The Labute approximate surface area is 193 Å². The van der Waals surface area contributed by atoms with Crippen LogP contribution in [0.15, 0.2) is 0 Å². The third-order valence-corrected chi connectivity index (χ3v) is 8.25. The first-order valence-electron chi connectivity index (χ1n) is 11.4. The Hall–Kier alpha value is -2.32. The summed E-state index contributed by atoms with van der Waals surface area (Å²) in [6.07, 6.45) is 0.0469. The van der Waals surface area contributed by atoms with E-state index in [2.05, 4.69) is 0 Å². The number of aliphatic hydroxyl groups is 2. The number of ether oxygens (including phenoxy) is 3. The van der Waals surface area contributed by atoms with Crippen LogP contribution in [0.3, 0.4) is 0 Å². The van der Waals surface area contributed by atoms with Crippen molar-refractivity contribution in [1.29, 1.82) is 0 Å². The number of cyclic esters (lactones) is 1. The molecule has 2 heterocycles. The van der Waals surface area contributed by atoms with Gasteiger partial charge in [0.25, 0.3) is 0 Å². The quantitative estimate of drug-likeness (QED) is 0.571. The fourth-order valence-corrected chi connectivity index (χ4v) is 7.11. The fraction of sp³-hybridized carbons (Fsp3) is 0.680. The first-order chi connectivity index (χ1) is 15.2. The molecule has 0 amide bonds. The highest BCUT2D eigenvalue weighted by molar-refractivity contribution is 5.98. The molecule has 0 bridgehead atoms. The smallest absolute Gasteiger partial charge is 0.342 e. The molecule has 33 heavy (non-hydrogen) atoms. The topological polar surface area (TPSA) is 123 Å². The number of esters is 1. The van der Waals surface area contributed by atoms with Crippen molar-refractivity contribution in [3.63, 3.8) is 0 Å². The Morgan fingerprint density at radius 3 is 2.52 bits per heavy atom. The Balaban J connectivity index is 1.91. The standard InChI is InChI=1S/C25H34O8/c1-12-14-11-32-22(29)18(14)20(31-6)13-9-16-24(4,8-7-17(27)28)21(23(2,3)30)15(26)10-25(16,5)33-19(12)13/h15-16,21,26,30H,7-11H2,1-6H3,(H,27,28)/t15-,16-,21+,24+,25+/m0/s1. The zero-order chi connectivity index (χ0) is 24.5. The maximum Gasteiger partial charge on any atom is 0.342 e. The van der Waals surface area contributed by atoms with Crippen LogP contribution in [0.2, 0.25) is 0 Å². The molecule has 1 fully saturated rings. The number of carboxylic acid groups (broad SMARTS) is 1. The first-order valence-corrected chi connectivity index (χ1v) is 11.4. The molecule has 8 heteroatoms. The van der Waals surface area contributed by atoms with Crippen LogP contribution in [0.1, 0.15) is 74.0 Å². The number of hydrogen-bond donors (Lipinski definition) is 3. The summed E-state index contributed by atoms with van der Waals surface area (Å²) < 4.78 is 17.6. The van der Waals surface area contributed by atoms with Crippen molar-refractivity contribution in [1.82, 2.24) is 0 Å². The lowest BCUT2D eigenvalue weighted by Crippen LogP contribution is -2.66. The molecule has 0 aromatic heterocycles. The molecule has 2 aliphatic heterocycles. The maximum absolute atomic E-state index is 12.5. The molecule has 0 spiro atoms. The molecular weight excluding hydrogens is 428 g/mol. The van der Waals surface area contributed by atoms with Crippen LogP contribution in [0, 0.1) is 24.2 Å². The van der Waals surface area contributed by atoms with E-state index in [4.69, 9.17) is 14.2 Å². The van der Waals surface area contributed by atoms with Gasteiger partial charge in [-0.3, -0.25) is 4.79 Å². The normalized spacial score (nSPS) is 32.8. The monoisotopic (exact) mass is 462 g/mol. The number of aliphatic hydroxyl groups excluding tert-OH is 1. The van der Waals surface area contributed by atoms with Crippen LogP contribution >= 0.6 is 0 Å². The molecule has 0 saturated heterocycles. The molecule has 182 valence electrons. The van der Waals surface area contributed by atoms with E-state index in [1.165, 1.54) is 7.11 Å². The fourth-order valence-electron chi connectivity index (χ4n) is 7.11. The summed E-state index contributed by atoms with van der Waals surface area (Å²) in [5.74, 6) is -1.10. The summed E-state index contributed by atoms with van der Waals surface area (Å²) >= 11 is 0. The third kappa shape index (κ3) is 3.49. The van der Waals surface area contributed by atoms with Crippen LogP contribution < -0.4 is 9.47 Å². The lowest BCUT2D eigenvalue weighted by atomic mass is 9.48. The van der Waals surface area contributed by atoms with E-state index in [9.17, 15) is 24.9 Å². The van der Waals surface area contributed by atoms with E-state index < -0.39 is 40.6 Å². The minimum atomic E-state index is -1.24. The summed E-state index contributed by atoms with van der Waals surface area (Å²) in [6.45, 7) is 9.27. The van der Waals surface area contributed by atoms with Gasteiger partial charge in [0.1, 0.15) is 29.3 Å². The molecule has 3 aliphatic rings. The predicted octanol–water partition coefficient (Wildman–Crippen LogP) is 3.01. The molecule has 1 aliphatic carbocycles. The number of carbonyl (C=O) groups is 2. The highest BCUT2D eigenvalue weighted by Gasteiger charge is 2.63. The highest BCUT2D eigenvalue weighted by atomic mass is 16.5. The number of carboxylic acids is 1. The Morgan fingerprint density at radius 2 is 1.94 bits per heavy atom. The Kier molecular flexibility index (Phi) is 5.49. The van der Waals surface area contributed by atoms with E-state index in [1.54, 1.807) is 13.8 Å². The highest BCUT2D eigenvalue weighted by Crippen LogP contribution is 2.61. The molecule has 1 saturated carbocycles. The molecule has 5 atom stereocenters. The largest absolute Gasteiger partial charge is 0.495 e. The lowest BCUT2D eigenvalue weighted by Gasteiger charge is -2.61. The van der Waals surface area contributed by atoms with Gasteiger partial charge in [0, 0.05) is 35.8 Å². The van der Waals surface area contributed by atoms with E-state index in [-0.39, 0.29) is 25.4 Å². The number of carbonyl (C=O) groups excluding carboxylic acids is 1. The van der Waals surface area contributed by atoms with Gasteiger partial charge in [-0.2, -0.15) is 0 Å². The van der Waals surface area contributed by atoms with Crippen molar-refractivity contribution < 1.29 is 39.1 Å². The number of benzene rings is 1. The summed E-state index contributed by atoms with van der Waals surface area (Å²) in [5.41, 5.74) is -0.0651. The van der Waals surface area contributed by atoms with Gasteiger partial charge in [0.2, 0.25) is 0 Å². The van der Waals surface area contributed by atoms with Crippen molar-refractivity contribution in [3.05, 3.63) is 22.3 Å². The lowest BCUT2D eigenvalue weighted by molar-refractivity contribution is -0.213. The zero-order valence-electron chi connectivity index (χ0n) is 20.2. The van der Waals surface area contributed by atoms with Crippen LogP contribution in [-0.4, -0.2) is 51.7 Å². The first kappa shape index (κ1) is 23.8. The van der Waals surface area contributed by atoms with Gasteiger partial charge in [-0.15, -0.1) is 0 Å². The third-order valence-electron chi connectivity index (χ3n) is 8.25. The summed E-state index contributed by atoms with van der Waals surface area (Å²) in [4.78, 5) is 24.0. The van der Waals surface area contributed by atoms with Gasteiger partial charge >= 0.3 is 11.9 Å². The molecule has 3 N–H and O–H groups in total. The van der Waals surface area contributed by atoms with Crippen LogP contribution in [0.5, 0.6) is 11.5 Å². The molecule has 4 rings (SSSR count). The minimum Gasteiger partial charge on any atom is -0.495 e. The molecule has 1 aromatic carbocycles. The SMILES string of the molecule is COc1c2c(c(C)c3c1C(=O)OC3)O[C@]1(C)C[C@H](O)[C@H](C(C)(C)O)[C@](C)(CCC(=O)O)[C@@H]1C2. The van der Waals surface area contributed by atoms with Gasteiger partial charge in [0.15, 0.2) is 0 Å². The average Bonchev–Trinajstić information content (AvgIpc) is 3.07. The number of fused-ring (bicyclic) bond motifs is 3. The van der Waals surface area contributed by atoms with Gasteiger partial charge < -0.3 is 29.5 Å². The number of rotatable bonds is 5. The average molecular weight is 463 g/mol. The van der Waals surface area contributed by atoms with E-state index in [0.717, 1.165) is 16.7 Å². The molecule has 0 radical (unpaired) electrons. The van der Waals surface area contributed by atoms with Crippen molar-refractivity contribution >= 4 is 11.9 Å². The maximum atomic E-state index is 12.5. The van der Waals surface area contributed by atoms with E-state index in [0.29, 0.717) is 29.9 Å². The second kappa shape index (κ2) is 7.60. The number of aliphatic carboxylic acids is 1. The molecule has 0 unspecified atom stereocenters. The van der Waals surface area contributed by atoms with Gasteiger partial charge in [-0.1, -0.05) is 6.92 Å². The summed E-state index contributed by atoms with van der Waals surface area (Å²) in [6, 6.07) is 0. The van der Waals surface area contributed by atoms with Gasteiger partial charge in [0.05, 0.1) is 18.8 Å². The number of hydrogen-bond acceptors (Lipinski definition) is 7. The summed E-state index contributed by atoms with van der Waals surface area (Å²) in [5, 5.41) is 31.8. The molecule has 8 nitrogen and oxygen atoms in total. The van der Waals surface area contributed by atoms with E-state index >= 15 is 0 Å². The Morgan fingerprint density at radius 1 is 1.27 bits per heavy atom. The second-order valence-electron chi connectivity index (χ2n) is 10.9. The van der Waals surface area contributed by atoms with Crippen LogP contribution in [-0.2, 0) is 22.6 Å². The predicted molar refractivity (Wildman–Crippen MR) is 118 cm³/mol. The number of methoxy groups -OCH3 is 1. The van der Waals surface area contributed by atoms with Crippen molar-refractivity contribution in [2.45, 2.75) is 84.2 Å². The van der Waals surface area contributed by atoms with Crippen LogP contribution in [0.4, 0.5) is 0 Å². The zero-order valence-corrected chi connectivity index (χ0v) is 20.2. The van der Waals surface area contributed by atoms with Gasteiger partial charge in [-0.25, -0.2) is 4.79 Å². The second-order valence-corrected chi connectivity index (χ2v) is 10.9. The van der Waals surface area contributed by atoms with Crippen molar-refractivity contribution in [2.75, 3.05) is 7.11 Å². The summed E-state index contributed by atoms with van der Waals surface area (Å²) in [7, 11) is 1.51. The van der Waals surface area contributed by atoms with Gasteiger partial charge in [-0.05, 0) is 51.5 Å². The molecule has 1 aromatic rings. The van der Waals surface area contributed by atoms with Crippen LogP contribution in [0.25, 0.3) is 0 Å².